The molecule has 2 N–H and O–H groups in total. The van der Waals surface area contributed by atoms with Crippen molar-refractivity contribution in [1.82, 2.24) is 5.32 Å². The molecule has 3 unspecified atom stereocenters. The largest absolute Gasteiger partial charge is 0.504 e. The second kappa shape index (κ2) is 3.48. The third-order valence-electron chi connectivity index (χ3n) is 5.79. The Kier molecular flexibility index (Phi) is 1.98. The van der Waals surface area contributed by atoms with Crippen LogP contribution in [0.15, 0.2) is 6.07 Å². The highest BCUT2D eigenvalue weighted by Crippen LogP contribution is 2.63. The van der Waals surface area contributed by atoms with Crippen molar-refractivity contribution in [2.75, 3.05) is 6.54 Å². The molecule has 0 aromatic heterocycles. The number of hydrogen-bond acceptors (Lipinski definition) is 3. The Balaban J connectivity index is 1.86. The fourth-order valence-electron chi connectivity index (χ4n) is 5.12. The van der Waals surface area contributed by atoms with Gasteiger partial charge in [0.25, 0.3) is 0 Å². The van der Waals surface area contributed by atoms with Crippen LogP contribution in [0.5, 0.6) is 11.5 Å². The number of phenolic OH excluding ortho intramolecular Hbond substituents is 1. The smallest absolute Gasteiger partial charge is 0.165 e. The number of phenols is 1. The van der Waals surface area contributed by atoms with Crippen molar-refractivity contribution in [3.05, 3.63) is 28.9 Å². The highest BCUT2D eigenvalue weighted by molar-refractivity contribution is 5.64. The molecule has 2 aliphatic heterocycles. The van der Waals surface area contributed by atoms with Crippen LogP contribution in [0.25, 0.3) is 0 Å². The van der Waals surface area contributed by atoms with Gasteiger partial charge in [0.05, 0.1) is 0 Å². The van der Waals surface area contributed by atoms with Gasteiger partial charge in [-0.25, -0.2) is 4.39 Å². The van der Waals surface area contributed by atoms with E-state index >= 15 is 0 Å². The van der Waals surface area contributed by atoms with Crippen molar-refractivity contribution in [2.24, 2.45) is 0 Å². The molecule has 1 spiro atoms. The van der Waals surface area contributed by atoms with Gasteiger partial charge in [-0.3, -0.25) is 0 Å². The zero-order valence-corrected chi connectivity index (χ0v) is 11.2. The van der Waals surface area contributed by atoms with Gasteiger partial charge in [-0.15, -0.1) is 0 Å². The summed E-state index contributed by atoms with van der Waals surface area (Å²) < 4.78 is 20.4. The fraction of sp³-hybridized carbons (Fsp3) is 0.562. The van der Waals surface area contributed by atoms with Crippen LogP contribution < -0.4 is 10.1 Å². The predicted molar refractivity (Wildman–Crippen MR) is 71.4 cm³/mol. The second-order valence-corrected chi connectivity index (χ2v) is 6.52. The van der Waals surface area contributed by atoms with Crippen LogP contribution in [0, 0.1) is 11.7 Å². The minimum atomic E-state index is -0.275. The van der Waals surface area contributed by atoms with Gasteiger partial charge in [-0.2, -0.15) is 0 Å². The average Bonchev–Trinajstić information content (AvgIpc) is 2.75. The third-order valence-corrected chi connectivity index (χ3v) is 5.79. The lowest BCUT2D eigenvalue weighted by atomic mass is 9.52. The Morgan fingerprint density at radius 1 is 1.45 bits per heavy atom. The van der Waals surface area contributed by atoms with E-state index in [1.807, 2.05) is 0 Å². The fourth-order valence-corrected chi connectivity index (χ4v) is 5.12. The van der Waals surface area contributed by atoms with Crippen LogP contribution in [-0.4, -0.2) is 23.8 Å². The van der Waals surface area contributed by atoms with Gasteiger partial charge in [-0.1, -0.05) is 0 Å². The van der Waals surface area contributed by atoms with Gasteiger partial charge in [-0.05, 0) is 44.2 Å². The van der Waals surface area contributed by atoms with Crippen LogP contribution in [0.1, 0.15) is 36.8 Å². The van der Waals surface area contributed by atoms with Gasteiger partial charge in [0.15, 0.2) is 11.5 Å². The van der Waals surface area contributed by atoms with Crippen molar-refractivity contribution < 1.29 is 14.2 Å². The quantitative estimate of drug-likeness (QED) is 0.762. The van der Waals surface area contributed by atoms with Gasteiger partial charge in [0.1, 0.15) is 11.9 Å². The molecule has 4 aliphatic rings. The van der Waals surface area contributed by atoms with Crippen LogP contribution in [-0.2, 0) is 11.8 Å². The highest BCUT2D eigenvalue weighted by Gasteiger charge is 2.62. The lowest BCUT2D eigenvalue weighted by molar-refractivity contribution is 0.0785. The van der Waals surface area contributed by atoms with Gasteiger partial charge in [0, 0.05) is 29.0 Å². The first-order valence-electron chi connectivity index (χ1n) is 7.53. The number of piperidine rings is 1. The van der Waals surface area contributed by atoms with Crippen LogP contribution in [0.4, 0.5) is 4.39 Å². The van der Waals surface area contributed by atoms with E-state index in [1.54, 1.807) is 0 Å². The lowest BCUT2D eigenvalue weighted by Gasteiger charge is -2.54. The molecule has 2 aliphatic carbocycles. The topological polar surface area (TPSA) is 41.5 Å². The summed E-state index contributed by atoms with van der Waals surface area (Å²) >= 11 is 0. The molecule has 2 fully saturated rings. The zero-order valence-electron chi connectivity index (χ0n) is 11.2. The summed E-state index contributed by atoms with van der Waals surface area (Å²) in [6, 6.07) is 1.51. The SMILES string of the molecule is Oc1cc(F)c2c3c1OC1CCC[C]4C(C2)NCCC431. The van der Waals surface area contributed by atoms with E-state index in [2.05, 4.69) is 5.32 Å². The lowest BCUT2D eigenvalue weighted by Crippen LogP contribution is -2.62. The molecule has 2 bridgehead atoms. The summed E-state index contributed by atoms with van der Waals surface area (Å²) in [4.78, 5) is 0. The third kappa shape index (κ3) is 1.08. The average molecular weight is 274 g/mol. The number of benzene rings is 1. The number of ether oxygens (including phenoxy) is 1. The van der Waals surface area contributed by atoms with E-state index in [9.17, 15) is 9.50 Å². The Morgan fingerprint density at radius 3 is 3.25 bits per heavy atom. The van der Waals surface area contributed by atoms with E-state index in [0.29, 0.717) is 12.2 Å². The molecule has 1 aromatic carbocycles. The predicted octanol–water partition coefficient (Wildman–Crippen LogP) is 2.21. The van der Waals surface area contributed by atoms with Crippen molar-refractivity contribution in [1.29, 1.82) is 0 Å². The molecule has 1 radical (unpaired) electrons. The molecule has 4 heteroatoms. The molecule has 105 valence electrons. The molecule has 5 rings (SSSR count). The van der Waals surface area contributed by atoms with E-state index < -0.39 is 0 Å². The molecule has 3 nitrogen and oxygen atoms in total. The summed E-state index contributed by atoms with van der Waals surface area (Å²) in [6.45, 7) is 0.949. The van der Waals surface area contributed by atoms with Crippen LogP contribution in [0.3, 0.4) is 0 Å². The van der Waals surface area contributed by atoms with Crippen LogP contribution in [0.2, 0.25) is 0 Å². The number of aromatic hydroxyl groups is 1. The maximum Gasteiger partial charge on any atom is 0.165 e. The number of halogens is 1. The Hall–Kier alpha value is -1.29. The van der Waals surface area contributed by atoms with E-state index in [0.717, 1.165) is 43.4 Å². The minimum absolute atomic E-state index is 0.0265. The van der Waals surface area contributed by atoms with Gasteiger partial charge < -0.3 is 15.2 Å². The van der Waals surface area contributed by atoms with Crippen molar-refractivity contribution >= 4 is 0 Å². The van der Waals surface area contributed by atoms with E-state index in [1.165, 1.54) is 12.0 Å². The Bertz CT molecular complexity index is 617. The summed E-state index contributed by atoms with van der Waals surface area (Å²) in [7, 11) is 0. The maximum atomic E-state index is 14.3. The minimum Gasteiger partial charge on any atom is -0.504 e. The molecular weight excluding hydrogens is 257 g/mol. The van der Waals surface area contributed by atoms with Gasteiger partial charge >= 0.3 is 0 Å². The summed E-state index contributed by atoms with van der Waals surface area (Å²) in [5.74, 6) is 1.76. The van der Waals surface area contributed by atoms with E-state index in [-0.39, 0.29) is 29.1 Å². The summed E-state index contributed by atoms with van der Waals surface area (Å²) in [6.07, 6.45) is 5.00. The maximum absolute atomic E-state index is 14.3. The number of hydrogen-bond donors (Lipinski definition) is 2. The molecule has 0 amide bonds. The molecule has 1 saturated heterocycles. The van der Waals surface area contributed by atoms with Crippen molar-refractivity contribution in [3.63, 3.8) is 0 Å². The second-order valence-electron chi connectivity index (χ2n) is 6.52. The van der Waals surface area contributed by atoms with Gasteiger partial charge in [0.2, 0.25) is 0 Å². The first-order chi connectivity index (χ1) is 9.72. The molecule has 2 heterocycles. The van der Waals surface area contributed by atoms with Crippen molar-refractivity contribution in [3.8, 4) is 11.5 Å². The molecule has 1 aromatic rings. The molecule has 20 heavy (non-hydrogen) atoms. The van der Waals surface area contributed by atoms with E-state index in [4.69, 9.17) is 4.74 Å². The summed E-state index contributed by atoms with van der Waals surface area (Å²) in [5.41, 5.74) is 1.62. The summed E-state index contributed by atoms with van der Waals surface area (Å²) in [5, 5.41) is 13.6. The monoisotopic (exact) mass is 274 g/mol. The number of rotatable bonds is 0. The first-order valence-corrected chi connectivity index (χ1v) is 7.53. The number of nitrogens with one attached hydrogen (secondary N) is 1. The molecule has 3 atom stereocenters. The van der Waals surface area contributed by atoms with Crippen molar-refractivity contribution in [2.45, 2.75) is 49.7 Å². The molecule has 1 saturated carbocycles. The zero-order chi connectivity index (χ0) is 13.5. The van der Waals surface area contributed by atoms with Crippen LogP contribution >= 0.6 is 0 Å². The normalized spacial score (nSPS) is 37.5. The molecular formula is C16H17FNO2. The highest BCUT2D eigenvalue weighted by atomic mass is 19.1. The Labute approximate surface area is 117 Å². The Morgan fingerprint density at radius 2 is 2.35 bits per heavy atom. The standard InChI is InChI=1S/C16H17FNO2/c17-10-7-12(19)15-14-8(10)6-11-9-2-1-3-13(20-15)16(9,14)4-5-18-11/h7,11,13,18-19H,1-6H2. The first kappa shape index (κ1) is 11.4.